The average Bonchev–Trinajstić information content (AvgIpc) is 3.23. The molecule has 0 saturated carbocycles. The summed E-state index contributed by atoms with van der Waals surface area (Å²) < 4.78 is 0. The standard InChI is InChI=1S/C52H34/c1-3-13-35(14-4-1)37-25-26-39-34-40(28-27-38(39)33-37)42-30-32-52(46-20-10-8-18-44(42)46)50-24-12-21-47-48(50)22-11-23-49(47)51-31-29-41(36-15-5-2-6-16-36)43-17-7-9-19-45(43)51/h1-34H. The molecule has 52 heavy (non-hydrogen) atoms. The summed E-state index contributed by atoms with van der Waals surface area (Å²) >= 11 is 0. The molecule has 10 aromatic carbocycles. The van der Waals surface area contributed by atoms with Crippen molar-refractivity contribution in [2.75, 3.05) is 0 Å². The SMILES string of the molecule is c1ccc(-c2ccc3cc(-c4ccc(-c5cccc6c(-c7ccc(-c8ccccc8)c8ccccc78)cccc56)c5ccccc45)ccc3c2)cc1. The van der Waals surface area contributed by atoms with Crippen LogP contribution in [0.15, 0.2) is 206 Å². The highest BCUT2D eigenvalue weighted by atomic mass is 14.2. The molecule has 0 heteroatoms. The summed E-state index contributed by atoms with van der Waals surface area (Å²) in [4.78, 5) is 0. The van der Waals surface area contributed by atoms with Gasteiger partial charge >= 0.3 is 0 Å². The van der Waals surface area contributed by atoms with Crippen LogP contribution in [0.5, 0.6) is 0 Å². The van der Waals surface area contributed by atoms with Gasteiger partial charge in [0.05, 0.1) is 0 Å². The highest BCUT2D eigenvalue weighted by Gasteiger charge is 2.16. The topological polar surface area (TPSA) is 0 Å². The fourth-order valence-corrected chi connectivity index (χ4v) is 8.19. The van der Waals surface area contributed by atoms with Gasteiger partial charge in [-0.15, -0.1) is 0 Å². The quantitative estimate of drug-likeness (QED) is 0.173. The third kappa shape index (κ3) is 5.08. The Bertz CT molecular complexity index is 2940. The van der Waals surface area contributed by atoms with Crippen LogP contribution in [0, 0.1) is 0 Å². The van der Waals surface area contributed by atoms with E-state index in [2.05, 4.69) is 206 Å². The number of hydrogen-bond acceptors (Lipinski definition) is 0. The summed E-state index contributed by atoms with van der Waals surface area (Å²) in [5, 5.41) is 10.1. The molecule has 0 aliphatic heterocycles. The predicted octanol–water partition coefficient (Wildman–Crippen LogP) is 14.6. The van der Waals surface area contributed by atoms with Crippen LogP contribution in [0.25, 0.3) is 98.7 Å². The molecule has 0 bridgehead atoms. The summed E-state index contributed by atoms with van der Waals surface area (Å²) in [5.74, 6) is 0. The molecular formula is C52H34. The molecule has 0 atom stereocenters. The monoisotopic (exact) mass is 658 g/mol. The van der Waals surface area contributed by atoms with Crippen molar-refractivity contribution in [1.82, 2.24) is 0 Å². The fraction of sp³-hybridized carbons (Fsp3) is 0. The molecule has 0 nitrogen and oxygen atoms in total. The van der Waals surface area contributed by atoms with Crippen LogP contribution in [0.4, 0.5) is 0 Å². The number of fused-ring (bicyclic) bond motifs is 4. The van der Waals surface area contributed by atoms with Gasteiger partial charge in [-0.3, -0.25) is 0 Å². The smallest absolute Gasteiger partial charge is 0.00987 e. The Morgan fingerprint density at radius 3 is 1.04 bits per heavy atom. The summed E-state index contributed by atoms with van der Waals surface area (Å²) in [7, 11) is 0. The molecule has 0 radical (unpaired) electrons. The Hall–Kier alpha value is -6.76. The van der Waals surface area contributed by atoms with Crippen LogP contribution >= 0.6 is 0 Å². The molecule has 242 valence electrons. The maximum atomic E-state index is 2.34. The summed E-state index contributed by atoms with van der Waals surface area (Å²) in [5.41, 5.74) is 12.5. The minimum absolute atomic E-state index is 1.23. The van der Waals surface area contributed by atoms with Crippen LogP contribution in [-0.2, 0) is 0 Å². The lowest BCUT2D eigenvalue weighted by atomic mass is 9.87. The highest BCUT2D eigenvalue weighted by molar-refractivity contribution is 6.15. The van der Waals surface area contributed by atoms with Crippen molar-refractivity contribution < 1.29 is 0 Å². The van der Waals surface area contributed by atoms with E-state index in [1.807, 2.05) is 0 Å². The molecule has 0 fully saturated rings. The van der Waals surface area contributed by atoms with Crippen LogP contribution in [-0.4, -0.2) is 0 Å². The fourth-order valence-electron chi connectivity index (χ4n) is 8.19. The van der Waals surface area contributed by atoms with Crippen LogP contribution in [0.2, 0.25) is 0 Å². The van der Waals surface area contributed by atoms with Crippen molar-refractivity contribution in [1.29, 1.82) is 0 Å². The number of hydrogen-bond donors (Lipinski definition) is 0. The number of benzene rings is 10. The van der Waals surface area contributed by atoms with Crippen LogP contribution in [0.1, 0.15) is 0 Å². The Morgan fingerprint density at radius 2 is 0.519 bits per heavy atom. The largest absolute Gasteiger partial charge is 0.0622 e. The zero-order chi connectivity index (χ0) is 34.4. The Kier molecular flexibility index (Phi) is 7.25. The number of rotatable bonds is 5. The molecule has 10 rings (SSSR count). The lowest BCUT2D eigenvalue weighted by Crippen LogP contribution is -1.90. The third-order valence-corrected chi connectivity index (χ3v) is 10.7. The Balaban J connectivity index is 1.09. The van der Waals surface area contributed by atoms with Gasteiger partial charge in [-0.05, 0) is 111 Å². The highest BCUT2D eigenvalue weighted by Crippen LogP contribution is 2.43. The van der Waals surface area contributed by atoms with Crippen molar-refractivity contribution in [3.63, 3.8) is 0 Å². The van der Waals surface area contributed by atoms with E-state index >= 15 is 0 Å². The van der Waals surface area contributed by atoms with E-state index in [1.165, 1.54) is 98.7 Å². The van der Waals surface area contributed by atoms with Gasteiger partial charge in [-0.2, -0.15) is 0 Å². The maximum absolute atomic E-state index is 2.34. The molecular weight excluding hydrogens is 625 g/mol. The van der Waals surface area contributed by atoms with Gasteiger partial charge in [0.1, 0.15) is 0 Å². The maximum Gasteiger partial charge on any atom is -0.00987 e. The zero-order valence-electron chi connectivity index (χ0n) is 28.6. The van der Waals surface area contributed by atoms with E-state index < -0.39 is 0 Å². The Labute approximate surface area is 303 Å². The van der Waals surface area contributed by atoms with Crippen LogP contribution in [0.3, 0.4) is 0 Å². The summed E-state index contributed by atoms with van der Waals surface area (Å²) in [6.45, 7) is 0. The lowest BCUT2D eigenvalue weighted by molar-refractivity contribution is 1.63. The van der Waals surface area contributed by atoms with Gasteiger partial charge in [0, 0.05) is 0 Å². The summed E-state index contributed by atoms with van der Waals surface area (Å²) in [6.07, 6.45) is 0. The van der Waals surface area contributed by atoms with Gasteiger partial charge in [-0.1, -0.05) is 194 Å². The molecule has 0 unspecified atom stereocenters. The van der Waals surface area contributed by atoms with Gasteiger partial charge in [0.2, 0.25) is 0 Å². The normalized spacial score (nSPS) is 11.5. The minimum atomic E-state index is 1.23. The summed E-state index contributed by atoms with van der Waals surface area (Å²) in [6, 6.07) is 75.5. The van der Waals surface area contributed by atoms with E-state index in [0.717, 1.165) is 0 Å². The van der Waals surface area contributed by atoms with Crippen molar-refractivity contribution in [2.24, 2.45) is 0 Å². The molecule has 0 aliphatic carbocycles. The molecule has 0 amide bonds. The van der Waals surface area contributed by atoms with E-state index in [4.69, 9.17) is 0 Å². The second-order valence-electron chi connectivity index (χ2n) is 13.6. The van der Waals surface area contributed by atoms with Crippen molar-refractivity contribution in [2.45, 2.75) is 0 Å². The molecule has 0 aliphatic rings. The lowest BCUT2D eigenvalue weighted by Gasteiger charge is -2.17. The minimum Gasteiger partial charge on any atom is -0.0622 e. The molecule has 0 spiro atoms. The predicted molar refractivity (Wildman–Crippen MR) is 224 cm³/mol. The second kappa shape index (κ2) is 12.5. The first-order valence-corrected chi connectivity index (χ1v) is 18.0. The van der Waals surface area contributed by atoms with E-state index in [1.54, 1.807) is 0 Å². The first-order chi connectivity index (χ1) is 25.8. The molecule has 0 aromatic heterocycles. The van der Waals surface area contributed by atoms with E-state index in [0.29, 0.717) is 0 Å². The second-order valence-corrected chi connectivity index (χ2v) is 13.6. The first kappa shape index (κ1) is 30.1. The van der Waals surface area contributed by atoms with E-state index in [-0.39, 0.29) is 0 Å². The third-order valence-electron chi connectivity index (χ3n) is 10.7. The van der Waals surface area contributed by atoms with Gasteiger partial charge in [-0.25, -0.2) is 0 Å². The average molecular weight is 659 g/mol. The van der Waals surface area contributed by atoms with Gasteiger partial charge in [0.15, 0.2) is 0 Å². The van der Waals surface area contributed by atoms with Gasteiger partial charge in [0.25, 0.3) is 0 Å². The molecule has 0 saturated heterocycles. The van der Waals surface area contributed by atoms with Crippen molar-refractivity contribution in [3.8, 4) is 55.6 Å². The van der Waals surface area contributed by atoms with Crippen molar-refractivity contribution >= 4 is 43.1 Å². The molecule has 0 heterocycles. The van der Waals surface area contributed by atoms with E-state index in [9.17, 15) is 0 Å². The first-order valence-electron chi connectivity index (χ1n) is 18.0. The van der Waals surface area contributed by atoms with Crippen LogP contribution < -0.4 is 0 Å². The van der Waals surface area contributed by atoms with Gasteiger partial charge < -0.3 is 0 Å². The zero-order valence-corrected chi connectivity index (χ0v) is 28.6. The molecule has 10 aromatic rings. The van der Waals surface area contributed by atoms with Crippen molar-refractivity contribution in [3.05, 3.63) is 206 Å². The molecule has 0 N–H and O–H groups in total. The Morgan fingerprint density at radius 1 is 0.173 bits per heavy atom.